The van der Waals surface area contributed by atoms with Crippen LogP contribution in [0.5, 0.6) is 0 Å². The van der Waals surface area contributed by atoms with Crippen molar-refractivity contribution in [3.8, 4) is 0 Å². The number of halogens is 4. The highest BCUT2D eigenvalue weighted by molar-refractivity contribution is 7.90. The molecule has 1 heterocycles. The van der Waals surface area contributed by atoms with Crippen LogP contribution in [0.1, 0.15) is 16.7 Å². The normalized spacial score (nSPS) is 15.2. The summed E-state index contributed by atoms with van der Waals surface area (Å²) in [4.78, 5) is 11.6. The van der Waals surface area contributed by atoms with Crippen LogP contribution in [-0.4, -0.2) is 27.2 Å². The number of alkyl halides is 3. The number of hydrogen-bond acceptors (Lipinski definition) is 4. The van der Waals surface area contributed by atoms with Crippen molar-refractivity contribution >= 4 is 27.0 Å². The smallest absolute Gasteiger partial charge is 0.416 e. The Labute approximate surface area is 152 Å². The third-order valence-corrected chi connectivity index (χ3v) is 5.14. The molecule has 3 rings (SSSR count). The predicted octanol–water partition coefficient (Wildman–Crippen LogP) is 3.72. The van der Waals surface area contributed by atoms with Crippen molar-refractivity contribution in [2.75, 3.05) is 12.9 Å². The third-order valence-electron chi connectivity index (χ3n) is 4.01. The Balaban J connectivity index is 2.15. The second-order valence-electron chi connectivity index (χ2n) is 5.93. The first kappa shape index (κ1) is 19.1. The molecule has 0 unspecified atom stereocenters. The number of esters is 1. The molecule has 0 N–H and O–H groups in total. The number of rotatable bonds is 3. The SMILES string of the molecule is CS(=O)(=O)c1ccc(C2=C(c3cccc(C(F)(F)F)c3)C(=O)OC2)cc1F. The van der Waals surface area contributed by atoms with E-state index in [-0.39, 0.29) is 28.9 Å². The molecule has 0 fully saturated rings. The second-order valence-corrected chi connectivity index (χ2v) is 7.91. The van der Waals surface area contributed by atoms with E-state index >= 15 is 0 Å². The molecule has 1 aliphatic heterocycles. The molecule has 9 heteroatoms. The molecule has 0 amide bonds. The van der Waals surface area contributed by atoms with Gasteiger partial charge in [0.15, 0.2) is 9.84 Å². The van der Waals surface area contributed by atoms with Crippen molar-refractivity contribution in [1.29, 1.82) is 0 Å². The van der Waals surface area contributed by atoms with Gasteiger partial charge in [0.1, 0.15) is 17.3 Å². The van der Waals surface area contributed by atoms with Gasteiger partial charge in [0.05, 0.1) is 11.1 Å². The van der Waals surface area contributed by atoms with E-state index in [0.29, 0.717) is 0 Å². The van der Waals surface area contributed by atoms with Gasteiger partial charge < -0.3 is 4.74 Å². The van der Waals surface area contributed by atoms with Crippen LogP contribution in [-0.2, 0) is 25.5 Å². The maximum Gasteiger partial charge on any atom is 0.416 e. The number of carbonyl (C=O) groups excluding carboxylic acids is 1. The average Bonchev–Trinajstić information content (AvgIpc) is 2.94. The summed E-state index contributed by atoms with van der Waals surface area (Å²) >= 11 is 0. The highest BCUT2D eigenvalue weighted by Crippen LogP contribution is 2.36. The number of sulfone groups is 1. The molecule has 1 aliphatic rings. The zero-order valence-corrected chi connectivity index (χ0v) is 14.6. The number of cyclic esters (lactones) is 1. The van der Waals surface area contributed by atoms with E-state index in [1.54, 1.807) is 0 Å². The fourth-order valence-corrected chi connectivity index (χ4v) is 3.49. The van der Waals surface area contributed by atoms with Gasteiger partial charge in [-0.2, -0.15) is 13.2 Å². The summed E-state index contributed by atoms with van der Waals surface area (Å²) in [5.74, 6) is -1.86. The van der Waals surface area contributed by atoms with Gasteiger partial charge in [0.2, 0.25) is 0 Å². The van der Waals surface area contributed by atoms with Crippen molar-refractivity contribution in [3.63, 3.8) is 0 Å². The lowest BCUT2D eigenvalue weighted by Crippen LogP contribution is -2.06. The molecule has 0 saturated heterocycles. The van der Waals surface area contributed by atoms with Crippen molar-refractivity contribution in [2.24, 2.45) is 0 Å². The molecule has 0 spiro atoms. The summed E-state index contributed by atoms with van der Waals surface area (Å²) in [6.45, 7) is -0.262. The summed E-state index contributed by atoms with van der Waals surface area (Å²) in [7, 11) is -3.79. The number of ether oxygens (including phenoxy) is 1. The van der Waals surface area contributed by atoms with Crippen LogP contribution in [0.2, 0.25) is 0 Å². The van der Waals surface area contributed by atoms with Gasteiger partial charge in [0.25, 0.3) is 0 Å². The van der Waals surface area contributed by atoms with E-state index in [0.717, 1.165) is 36.6 Å². The summed E-state index contributed by atoms with van der Waals surface area (Å²) in [6.07, 6.45) is -3.75. The quantitative estimate of drug-likeness (QED) is 0.582. The van der Waals surface area contributed by atoms with Gasteiger partial charge in [0, 0.05) is 11.8 Å². The molecular weight excluding hydrogens is 388 g/mol. The topological polar surface area (TPSA) is 60.4 Å². The van der Waals surface area contributed by atoms with Gasteiger partial charge in [-0.1, -0.05) is 18.2 Å². The van der Waals surface area contributed by atoms with Gasteiger partial charge in [-0.25, -0.2) is 17.6 Å². The number of hydrogen-bond donors (Lipinski definition) is 0. The highest BCUT2D eigenvalue weighted by atomic mass is 32.2. The van der Waals surface area contributed by atoms with Crippen LogP contribution in [0, 0.1) is 5.82 Å². The van der Waals surface area contributed by atoms with E-state index in [1.165, 1.54) is 12.1 Å². The lowest BCUT2D eigenvalue weighted by atomic mass is 9.95. The van der Waals surface area contributed by atoms with Crippen LogP contribution in [0.15, 0.2) is 47.4 Å². The minimum absolute atomic E-state index is 0.0186. The Bertz CT molecular complexity index is 1070. The maximum atomic E-state index is 14.2. The fourth-order valence-electron chi connectivity index (χ4n) is 2.77. The van der Waals surface area contributed by atoms with Crippen LogP contribution >= 0.6 is 0 Å². The zero-order chi connectivity index (χ0) is 20.0. The van der Waals surface area contributed by atoms with Crippen molar-refractivity contribution < 1.29 is 35.5 Å². The Morgan fingerprint density at radius 3 is 2.33 bits per heavy atom. The minimum Gasteiger partial charge on any atom is -0.457 e. The molecule has 2 aromatic carbocycles. The predicted molar refractivity (Wildman–Crippen MR) is 88.7 cm³/mol. The molecule has 2 aromatic rings. The molecule has 0 radical (unpaired) electrons. The van der Waals surface area contributed by atoms with Crippen LogP contribution < -0.4 is 0 Å². The van der Waals surface area contributed by atoms with Crippen LogP contribution in [0.4, 0.5) is 17.6 Å². The van der Waals surface area contributed by atoms with Crippen molar-refractivity contribution in [3.05, 3.63) is 65.0 Å². The molecule has 0 saturated carbocycles. The minimum atomic E-state index is -4.59. The largest absolute Gasteiger partial charge is 0.457 e. The van der Waals surface area contributed by atoms with Gasteiger partial charge in [-0.3, -0.25) is 0 Å². The van der Waals surface area contributed by atoms with Crippen molar-refractivity contribution in [2.45, 2.75) is 11.1 Å². The van der Waals surface area contributed by atoms with E-state index < -0.39 is 38.3 Å². The first-order chi connectivity index (χ1) is 12.5. The summed E-state index contributed by atoms with van der Waals surface area (Å²) < 4.78 is 80.9. The lowest BCUT2D eigenvalue weighted by molar-refractivity contribution is -0.138. The molecule has 0 bridgehead atoms. The van der Waals surface area contributed by atoms with Crippen molar-refractivity contribution in [1.82, 2.24) is 0 Å². The van der Waals surface area contributed by atoms with Gasteiger partial charge in [-0.05, 0) is 35.4 Å². The summed E-state index contributed by atoms with van der Waals surface area (Å²) in [6, 6.07) is 7.39. The lowest BCUT2D eigenvalue weighted by Gasteiger charge is -2.10. The Kier molecular flexibility index (Phi) is 4.59. The number of carbonyl (C=O) groups is 1. The number of benzene rings is 2. The average molecular weight is 400 g/mol. The highest BCUT2D eigenvalue weighted by Gasteiger charge is 2.33. The Morgan fingerprint density at radius 1 is 1.04 bits per heavy atom. The van der Waals surface area contributed by atoms with Gasteiger partial charge in [-0.15, -0.1) is 0 Å². The monoisotopic (exact) mass is 400 g/mol. The second kappa shape index (κ2) is 6.49. The molecule has 0 aromatic heterocycles. The van der Waals surface area contributed by atoms with Crippen LogP contribution in [0.3, 0.4) is 0 Å². The Morgan fingerprint density at radius 2 is 1.74 bits per heavy atom. The molecule has 27 heavy (non-hydrogen) atoms. The molecular formula is C18H12F4O4S. The third kappa shape index (κ3) is 3.73. The van der Waals surface area contributed by atoms with E-state index in [1.807, 2.05) is 0 Å². The van der Waals surface area contributed by atoms with E-state index in [9.17, 15) is 30.8 Å². The maximum absolute atomic E-state index is 14.2. The van der Waals surface area contributed by atoms with E-state index in [4.69, 9.17) is 4.74 Å². The molecule has 4 nitrogen and oxygen atoms in total. The molecule has 142 valence electrons. The summed E-state index contributed by atoms with van der Waals surface area (Å²) in [5.41, 5.74) is -0.746. The first-order valence-electron chi connectivity index (χ1n) is 7.56. The standard InChI is InChI=1S/C18H12F4O4S/c1-27(24,25)15-6-5-10(8-14(15)19)13-9-26-17(23)16(13)11-3-2-4-12(7-11)18(20,21)22/h2-8H,9H2,1H3. The van der Waals surface area contributed by atoms with Crippen LogP contribution in [0.25, 0.3) is 11.1 Å². The molecule has 0 aliphatic carbocycles. The zero-order valence-electron chi connectivity index (χ0n) is 13.8. The molecule has 0 atom stereocenters. The summed E-state index contributed by atoms with van der Waals surface area (Å²) in [5, 5.41) is 0. The first-order valence-corrected chi connectivity index (χ1v) is 9.45. The van der Waals surface area contributed by atoms with E-state index in [2.05, 4.69) is 0 Å². The van der Waals surface area contributed by atoms with Gasteiger partial charge >= 0.3 is 12.1 Å². The Hall–Kier alpha value is -2.68. The fraction of sp³-hybridized carbons (Fsp3) is 0.167.